The lowest BCUT2D eigenvalue weighted by atomic mass is 9.91. The van der Waals surface area contributed by atoms with Gasteiger partial charge in [0.05, 0.1) is 11.9 Å². The molecule has 7 nitrogen and oxygen atoms in total. The molecule has 1 aliphatic carbocycles. The summed E-state index contributed by atoms with van der Waals surface area (Å²) in [5.41, 5.74) is -0.980. The maximum Gasteiger partial charge on any atom is 0.434 e. The Morgan fingerprint density at radius 2 is 1.76 bits per heavy atom. The molecule has 13 heteroatoms. The van der Waals surface area contributed by atoms with E-state index < -0.39 is 38.7 Å². The first-order chi connectivity index (χ1) is 15.8. The van der Waals surface area contributed by atoms with Crippen LogP contribution >= 0.6 is 0 Å². The van der Waals surface area contributed by atoms with Crippen molar-refractivity contribution in [1.29, 1.82) is 0 Å². The Morgan fingerprint density at radius 1 is 1.09 bits per heavy atom. The van der Waals surface area contributed by atoms with E-state index in [9.17, 15) is 30.4 Å². The van der Waals surface area contributed by atoms with Gasteiger partial charge in [-0.25, -0.2) is 26.9 Å². The Balaban J connectivity index is 2.02. The third-order valence-corrected chi connectivity index (χ3v) is 7.34. The number of aryl methyl sites for hydroxylation is 1. The van der Waals surface area contributed by atoms with Crippen molar-refractivity contribution < 1.29 is 30.4 Å². The smallest absolute Gasteiger partial charge is 0.304 e. The minimum Gasteiger partial charge on any atom is -0.304 e. The van der Waals surface area contributed by atoms with E-state index in [1.807, 2.05) is 0 Å². The summed E-state index contributed by atoms with van der Waals surface area (Å²) in [5.74, 6) is -0.141. The number of sulfone groups is 1. The minimum atomic E-state index is -4.78. The van der Waals surface area contributed by atoms with Gasteiger partial charge in [-0.1, -0.05) is 41.6 Å². The second kappa shape index (κ2) is 8.15. The molecule has 3 aromatic rings. The highest BCUT2D eigenvalue weighted by molar-refractivity contribution is 7.91. The summed E-state index contributed by atoms with van der Waals surface area (Å²) >= 11 is 0. The van der Waals surface area contributed by atoms with Crippen LogP contribution in [0.3, 0.4) is 0 Å². The van der Waals surface area contributed by atoms with Crippen LogP contribution in [0.4, 0.5) is 22.0 Å². The second-order valence-corrected chi connectivity index (χ2v) is 9.99. The number of alkyl halides is 5. The molecule has 0 spiro atoms. The third-order valence-electron chi connectivity index (χ3n) is 5.57. The predicted octanol–water partition coefficient (Wildman–Crippen LogP) is 4.47. The Hall–Kier alpha value is -3.35. The molecule has 34 heavy (non-hydrogen) atoms. The molecule has 1 aromatic carbocycles. The number of aromatic nitrogens is 5. The second-order valence-electron chi connectivity index (χ2n) is 7.77. The zero-order chi connectivity index (χ0) is 24.9. The number of hydrogen-bond donors (Lipinski definition) is 0. The fraction of sp³-hybridized carbons (Fsp3) is 0.286. The molecule has 0 aliphatic heterocycles. The fourth-order valence-corrected chi connectivity index (χ4v) is 5.33. The maximum atomic E-state index is 13.4. The van der Waals surface area contributed by atoms with Crippen LogP contribution in [-0.2, 0) is 20.9 Å². The van der Waals surface area contributed by atoms with Crippen molar-refractivity contribution in [2.75, 3.05) is 6.26 Å². The van der Waals surface area contributed by atoms with E-state index in [0.717, 1.165) is 21.7 Å². The fourth-order valence-electron chi connectivity index (χ4n) is 3.93. The molecule has 0 saturated heterocycles. The zero-order valence-corrected chi connectivity index (χ0v) is 18.6. The summed E-state index contributed by atoms with van der Waals surface area (Å²) < 4.78 is 95.1. The highest BCUT2D eigenvalue weighted by Gasteiger charge is 2.51. The average Bonchev–Trinajstić information content (AvgIpc) is 3.40. The van der Waals surface area contributed by atoms with Crippen LogP contribution in [-0.4, -0.2) is 39.2 Å². The quantitative estimate of drug-likeness (QED) is 0.484. The van der Waals surface area contributed by atoms with Gasteiger partial charge in [-0.2, -0.15) is 13.2 Å². The third kappa shape index (κ3) is 3.93. The summed E-state index contributed by atoms with van der Waals surface area (Å²) in [6.45, 7) is 1.28. The van der Waals surface area contributed by atoms with Gasteiger partial charge < -0.3 is 4.57 Å². The molecule has 2 aromatic heterocycles. The van der Waals surface area contributed by atoms with E-state index in [1.165, 1.54) is 13.0 Å². The molecule has 0 amide bonds. The van der Waals surface area contributed by atoms with E-state index in [4.69, 9.17) is 0 Å². The highest BCUT2D eigenvalue weighted by Crippen LogP contribution is 2.46. The summed E-state index contributed by atoms with van der Waals surface area (Å²) in [6.07, 6.45) is -2.85. The van der Waals surface area contributed by atoms with Gasteiger partial charge in [-0.3, -0.25) is 0 Å². The molecule has 0 saturated carbocycles. The first-order valence-electron chi connectivity index (χ1n) is 9.85. The number of halogens is 5. The van der Waals surface area contributed by atoms with E-state index in [2.05, 4.69) is 15.3 Å². The lowest BCUT2D eigenvalue weighted by molar-refractivity contribution is -0.141. The van der Waals surface area contributed by atoms with Gasteiger partial charge in [0.2, 0.25) is 4.87 Å². The first kappa shape index (κ1) is 23.8. The molecule has 1 aliphatic rings. The van der Waals surface area contributed by atoms with Gasteiger partial charge >= 0.3 is 6.18 Å². The van der Waals surface area contributed by atoms with Crippen LogP contribution in [0.15, 0.2) is 54.9 Å². The lowest BCUT2D eigenvalue weighted by Gasteiger charge is -2.37. The molecule has 2 heterocycles. The molecular weight excluding hydrogens is 481 g/mol. The van der Waals surface area contributed by atoms with Gasteiger partial charge in [0, 0.05) is 18.9 Å². The zero-order valence-electron chi connectivity index (χ0n) is 17.8. The summed E-state index contributed by atoms with van der Waals surface area (Å²) in [5, 5.41) is 7.06. The van der Waals surface area contributed by atoms with Gasteiger partial charge in [0.25, 0.3) is 6.43 Å². The van der Waals surface area contributed by atoms with Gasteiger partial charge in [-0.05, 0) is 24.1 Å². The van der Waals surface area contributed by atoms with Crippen LogP contribution in [0, 0.1) is 6.92 Å². The molecule has 0 bridgehead atoms. The van der Waals surface area contributed by atoms with E-state index in [1.54, 1.807) is 36.4 Å². The summed E-state index contributed by atoms with van der Waals surface area (Å²) in [4.78, 5) is 1.35. The average molecular weight is 499 g/mol. The monoisotopic (exact) mass is 499 g/mol. The van der Waals surface area contributed by atoms with E-state index in [0.29, 0.717) is 17.3 Å². The van der Waals surface area contributed by atoms with Crippen LogP contribution in [0.5, 0.6) is 0 Å². The molecule has 180 valence electrons. The van der Waals surface area contributed by atoms with Crippen LogP contribution in [0.25, 0.3) is 11.3 Å². The van der Waals surface area contributed by atoms with Crippen molar-refractivity contribution in [1.82, 2.24) is 24.5 Å². The molecule has 1 atom stereocenters. The molecule has 0 radical (unpaired) electrons. The van der Waals surface area contributed by atoms with Gasteiger partial charge in [0.1, 0.15) is 11.5 Å². The van der Waals surface area contributed by atoms with Gasteiger partial charge in [-0.15, -0.1) is 5.10 Å². The van der Waals surface area contributed by atoms with Crippen LogP contribution < -0.4 is 0 Å². The van der Waals surface area contributed by atoms with Crippen LogP contribution in [0.2, 0.25) is 0 Å². The number of benzene rings is 1. The Bertz CT molecular complexity index is 1390. The molecule has 4 rings (SSSR count). The standard InChI is InChI=1S/C21H18F5N5O2S/c1-13-27-17(21(24,25)26)12-30(13)18-9-8-15(14-6-4-3-5-7-14)10-20(18,34(2,32)33)31-11-16(19(22)23)28-29-31/h3-9,11-12,19H,10H2,1-2H3. The van der Waals surface area contributed by atoms with Crippen molar-refractivity contribution in [2.45, 2.75) is 30.8 Å². The van der Waals surface area contributed by atoms with E-state index >= 15 is 0 Å². The van der Waals surface area contributed by atoms with Crippen molar-refractivity contribution in [3.63, 3.8) is 0 Å². The number of allylic oxidation sites excluding steroid dienone is 3. The summed E-state index contributed by atoms with van der Waals surface area (Å²) in [7, 11) is -4.26. The largest absolute Gasteiger partial charge is 0.434 e. The number of hydrogen-bond acceptors (Lipinski definition) is 5. The number of imidazole rings is 1. The normalized spacial score (nSPS) is 19.3. The highest BCUT2D eigenvalue weighted by atomic mass is 32.2. The van der Waals surface area contributed by atoms with Crippen molar-refractivity contribution in [3.8, 4) is 0 Å². The van der Waals surface area contributed by atoms with Crippen molar-refractivity contribution >= 4 is 21.1 Å². The topological polar surface area (TPSA) is 82.7 Å². The molecule has 0 N–H and O–H groups in total. The summed E-state index contributed by atoms with van der Waals surface area (Å²) in [6, 6.07) is 8.69. The maximum absolute atomic E-state index is 13.4. The lowest BCUT2D eigenvalue weighted by Crippen LogP contribution is -2.46. The Labute approximate surface area is 191 Å². The Kier molecular flexibility index (Phi) is 5.70. The first-order valence-corrected chi connectivity index (χ1v) is 11.7. The van der Waals surface area contributed by atoms with Gasteiger partial charge in [0.15, 0.2) is 15.5 Å². The minimum absolute atomic E-state index is 0.141. The van der Waals surface area contributed by atoms with Crippen LogP contribution in [0.1, 0.15) is 35.6 Å². The molecule has 0 fully saturated rings. The van der Waals surface area contributed by atoms with E-state index in [-0.39, 0.29) is 17.9 Å². The molecular formula is C21H18F5N5O2S. The predicted molar refractivity (Wildman–Crippen MR) is 113 cm³/mol. The molecule has 1 unspecified atom stereocenters. The van der Waals surface area contributed by atoms with Crippen molar-refractivity contribution in [2.24, 2.45) is 0 Å². The SMILES string of the molecule is Cc1nc(C(F)(F)F)cn1C1=CC=C(c2ccccc2)CC1(n1cc(C(F)F)nn1)S(C)(=O)=O. The number of nitrogens with zero attached hydrogens (tertiary/aromatic N) is 5. The van der Waals surface area contributed by atoms with Crippen molar-refractivity contribution in [3.05, 3.63) is 77.7 Å². The Morgan fingerprint density at radius 3 is 2.29 bits per heavy atom. The number of rotatable bonds is 5.